The summed E-state index contributed by atoms with van der Waals surface area (Å²) in [5.41, 5.74) is 0. The van der Waals surface area contributed by atoms with Crippen LogP contribution >= 0.6 is 0 Å². The van der Waals surface area contributed by atoms with Crippen LogP contribution in [0.3, 0.4) is 0 Å². The van der Waals surface area contributed by atoms with Crippen LogP contribution in [0, 0.1) is 0 Å². The van der Waals surface area contributed by atoms with Gasteiger partial charge < -0.3 is 10.2 Å². The molecule has 0 rings (SSSR count). The quantitative estimate of drug-likeness (QED) is 0.496. The summed E-state index contributed by atoms with van der Waals surface area (Å²) in [6, 6.07) is 0. The van der Waals surface area contributed by atoms with Crippen molar-refractivity contribution in [1.82, 2.24) is 5.32 Å². The Hall–Kier alpha value is -0.120. The van der Waals surface area contributed by atoms with Gasteiger partial charge in [-0.05, 0) is 13.3 Å². The SMILES string of the molecule is CCCCC(O)CNC(C)O. The number of unbranched alkanes of at least 4 members (excludes halogenated alkanes) is 1. The fourth-order valence-corrected chi connectivity index (χ4v) is 0.848. The molecule has 0 heterocycles. The fraction of sp³-hybridized carbons (Fsp3) is 1.00. The molecule has 0 aliphatic heterocycles. The number of hydrogen-bond donors (Lipinski definition) is 3. The Bertz CT molecular complexity index is 86.2. The Kier molecular flexibility index (Phi) is 6.51. The zero-order valence-corrected chi connectivity index (χ0v) is 7.38. The maximum Gasteiger partial charge on any atom is 0.102 e. The van der Waals surface area contributed by atoms with Crippen LogP contribution in [0.1, 0.15) is 33.1 Å². The van der Waals surface area contributed by atoms with Crippen molar-refractivity contribution in [1.29, 1.82) is 0 Å². The molecule has 0 fully saturated rings. The molecule has 3 nitrogen and oxygen atoms in total. The van der Waals surface area contributed by atoms with Crippen molar-refractivity contribution in [3.63, 3.8) is 0 Å². The molecular weight excluding hydrogens is 142 g/mol. The molecule has 0 bridgehead atoms. The second-order valence-electron chi connectivity index (χ2n) is 2.88. The van der Waals surface area contributed by atoms with Crippen molar-refractivity contribution >= 4 is 0 Å². The smallest absolute Gasteiger partial charge is 0.102 e. The van der Waals surface area contributed by atoms with E-state index in [1.807, 2.05) is 0 Å². The number of hydrogen-bond acceptors (Lipinski definition) is 3. The maximum atomic E-state index is 9.26. The van der Waals surface area contributed by atoms with Crippen molar-refractivity contribution in [2.75, 3.05) is 6.54 Å². The summed E-state index contributed by atoms with van der Waals surface area (Å²) in [7, 11) is 0. The van der Waals surface area contributed by atoms with Gasteiger partial charge in [-0.15, -0.1) is 0 Å². The van der Waals surface area contributed by atoms with Crippen LogP contribution in [0.25, 0.3) is 0 Å². The second kappa shape index (κ2) is 6.58. The summed E-state index contributed by atoms with van der Waals surface area (Å²) in [5.74, 6) is 0. The van der Waals surface area contributed by atoms with Crippen LogP contribution in [0.15, 0.2) is 0 Å². The standard InChI is InChI=1S/C8H19NO2/c1-3-4-5-8(11)6-9-7(2)10/h7-11H,3-6H2,1-2H3. The molecule has 2 unspecified atom stereocenters. The second-order valence-corrected chi connectivity index (χ2v) is 2.88. The van der Waals surface area contributed by atoms with Crippen molar-refractivity contribution in [3.8, 4) is 0 Å². The zero-order valence-electron chi connectivity index (χ0n) is 7.38. The first-order valence-electron chi connectivity index (χ1n) is 4.26. The van der Waals surface area contributed by atoms with E-state index in [0.29, 0.717) is 6.54 Å². The topological polar surface area (TPSA) is 52.5 Å². The molecule has 0 aliphatic carbocycles. The Morgan fingerprint density at radius 1 is 1.36 bits per heavy atom. The molecular formula is C8H19NO2. The molecule has 0 spiro atoms. The third kappa shape index (κ3) is 7.78. The van der Waals surface area contributed by atoms with Crippen LogP contribution in [0.5, 0.6) is 0 Å². The number of rotatable bonds is 6. The van der Waals surface area contributed by atoms with Gasteiger partial charge in [-0.2, -0.15) is 0 Å². The van der Waals surface area contributed by atoms with E-state index in [1.165, 1.54) is 0 Å². The van der Waals surface area contributed by atoms with Crippen LogP contribution in [-0.4, -0.2) is 29.1 Å². The molecule has 11 heavy (non-hydrogen) atoms. The van der Waals surface area contributed by atoms with Gasteiger partial charge in [-0.25, -0.2) is 0 Å². The van der Waals surface area contributed by atoms with Gasteiger partial charge in [0.25, 0.3) is 0 Å². The average molecular weight is 161 g/mol. The van der Waals surface area contributed by atoms with Crippen LogP contribution in [0.4, 0.5) is 0 Å². The highest BCUT2D eigenvalue weighted by Gasteiger charge is 2.03. The number of aliphatic hydroxyl groups excluding tert-OH is 2. The minimum atomic E-state index is -0.522. The summed E-state index contributed by atoms with van der Waals surface area (Å²) in [6.07, 6.45) is 2.13. The van der Waals surface area contributed by atoms with E-state index in [4.69, 9.17) is 5.11 Å². The van der Waals surface area contributed by atoms with Gasteiger partial charge in [0.2, 0.25) is 0 Å². The van der Waals surface area contributed by atoms with Gasteiger partial charge in [0.1, 0.15) is 6.23 Å². The molecule has 3 N–H and O–H groups in total. The van der Waals surface area contributed by atoms with Gasteiger partial charge in [0.15, 0.2) is 0 Å². The van der Waals surface area contributed by atoms with Crippen molar-refractivity contribution in [2.24, 2.45) is 0 Å². The van der Waals surface area contributed by atoms with Crippen molar-refractivity contribution in [3.05, 3.63) is 0 Å². The molecule has 3 heteroatoms. The summed E-state index contributed by atoms with van der Waals surface area (Å²) in [5, 5.41) is 20.8. The Morgan fingerprint density at radius 3 is 2.45 bits per heavy atom. The average Bonchev–Trinajstić information content (AvgIpc) is 1.97. The minimum Gasteiger partial charge on any atom is -0.392 e. The Balaban J connectivity index is 3.15. The first-order valence-corrected chi connectivity index (χ1v) is 4.26. The highest BCUT2D eigenvalue weighted by atomic mass is 16.3. The van der Waals surface area contributed by atoms with Crippen LogP contribution in [-0.2, 0) is 0 Å². The third-order valence-electron chi connectivity index (χ3n) is 1.54. The van der Waals surface area contributed by atoms with E-state index < -0.39 is 6.23 Å². The van der Waals surface area contributed by atoms with Gasteiger partial charge in [0, 0.05) is 6.54 Å². The predicted molar refractivity (Wildman–Crippen MR) is 45.2 cm³/mol. The normalized spacial score (nSPS) is 16.4. The van der Waals surface area contributed by atoms with E-state index in [-0.39, 0.29) is 6.10 Å². The van der Waals surface area contributed by atoms with Crippen LogP contribution in [0.2, 0.25) is 0 Å². The molecule has 0 saturated carbocycles. The highest BCUT2D eigenvalue weighted by molar-refractivity contribution is 4.59. The van der Waals surface area contributed by atoms with E-state index in [9.17, 15) is 5.11 Å². The van der Waals surface area contributed by atoms with Gasteiger partial charge in [0.05, 0.1) is 6.10 Å². The monoisotopic (exact) mass is 161 g/mol. The largest absolute Gasteiger partial charge is 0.392 e. The lowest BCUT2D eigenvalue weighted by molar-refractivity contribution is 0.108. The van der Waals surface area contributed by atoms with Gasteiger partial charge in [-0.3, -0.25) is 5.32 Å². The number of aliphatic hydroxyl groups is 2. The van der Waals surface area contributed by atoms with Gasteiger partial charge >= 0.3 is 0 Å². The summed E-state index contributed by atoms with van der Waals surface area (Å²) < 4.78 is 0. The summed E-state index contributed by atoms with van der Waals surface area (Å²) in [6.45, 7) is 4.22. The van der Waals surface area contributed by atoms with Crippen molar-refractivity contribution in [2.45, 2.75) is 45.4 Å². The van der Waals surface area contributed by atoms with E-state index in [2.05, 4.69) is 12.2 Å². The molecule has 0 aromatic carbocycles. The number of nitrogens with one attached hydrogen (secondary N) is 1. The molecule has 2 atom stereocenters. The van der Waals surface area contributed by atoms with E-state index in [1.54, 1.807) is 6.92 Å². The Labute approximate surface area is 68.4 Å². The molecule has 0 amide bonds. The predicted octanol–water partition coefficient (Wildman–Crippen LogP) is 0.465. The molecule has 0 aliphatic rings. The first kappa shape index (κ1) is 10.9. The summed E-state index contributed by atoms with van der Waals surface area (Å²) >= 11 is 0. The maximum absolute atomic E-state index is 9.26. The van der Waals surface area contributed by atoms with E-state index in [0.717, 1.165) is 19.3 Å². The lowest BCUT2D eigenvalue weighted by Gasteiger charge is -2.12. The molecule has 68 valence electrons. The lowest BCUT2D eigenvalue weighted by Crippen LogP contribution is -2.33. The Morgan fingerprint density at radius 2 is 2.00 bits per heavy atom. The van der Waals surface area contributed by atoms with Crippen molar-refractivity contribution < 1.29 is 10.2 Å². The molecule has 0 radical (unpaired) electrons. The van der Waals surface area contributed by atoms with Crippen LogP contribution < -0.4 is 5.32 Å². The molecule has 0 aromatic heterocycles. The van der Waals surface area contributed by atoms with Gasteiger partial charge in [-0.1, -0.05) is 19.8 Å². The fourth-order valence-electron chi connectivity index (χ4n) is 0.848. The highest BCUT2D eigenvalue weighted by Crippen LogP contribution is 1.98. The summed E-state index contributed by atoms with van der Waals surface area (Å²) in [4.78, 5) is 0. The molecule has 0 aromatic rings. The zero-order chi connectivity index (χ0) is 8.69. The first-order chi connectivity index (χ1) is 5.16. The minimum absolute atomic E-state index is 0.315. The molecule has 0 saturated heterocycles. The lowest BCUT2D eigenvalue weighted by atomic mass is 10.1. The third-order valence-corrected chi connectivity index (χ3v) is 1.54. The van der Waals surface area contributed by atoms with E-state index >= 15 is 0 Å².